The first-order valence-corrected chi connectivity index (χ1v) is 6.63. The molecule has 0 aliphatic heterocycles. The van der Waals surface area contributed by atoms with Crippen LogP contribution in [0.3, 0.4) is 0 Å². The number of halogens is 2. The van der Waals surface area contributed by atoms with E-state index < -0.39 is 17.7 Å². The Morgan fingerprint density at radius 2 is 1.86 bits per heavy atom. The molecule has 1 unspecified atom stereocenters. The van der Waals surface area contributed by atoms with Crippen molar-refractivity contribution >= 4 is 5.65 Å². The second kappa shape index (κ2) is 5.57. The Bertz CT molecular complexity index is 749. The molecule has 1 atom stereocenters. The monoisotopic (exact) mass is 288 g/mol. The van der Waals surface area contributed by atoms with E-state index in [4.69, 9.17) is 0 Å². The highest BCUT2D eigenvalue weighted by atomic mass is 19.1. The van der Waals surface area contributed by atoms with Gasteiger partial charge < -0.3 is 5.32 Å². The maximum atomic E-state index is 13.7. The maximum absolute atomic E-state index is 13.7. The Morgan fingerprint density at radius 3 is 2.62 bits per heavy atom. The lowest BCUT2D eigenvalue weighted by Gasteiger charge is -2.15. The van der Waals surface area contributed by atoms with Gasteiger partial charge in [-0.05, 0) is 31.2 Å². The summed E-state index contributed by atoms with van der Waals surface area (Å²) in [5.74, 6) is -0.420. The minimum atomic E-state index is -0.555. The lowest BCUT2D eigenvalue weighted by molar-refractivity contribution is 0.481. The van der Waals surface area contributed by atoms with Crippen molar-refractivity contribution in [1.29, 1.82) is 0 Å². The highest BCUT2D eigenvalue weighted by Gasteiger charge is 2.16. The number of hydrogen-bond acceptors (Lipinski definition) is 3. The molecule has 2 heterocycles. The first-order valence-electron chi connectivity index (χ1n) is 6.63. The van der Waals surface area contributed by atoms with Crippen LogP contribution >= 0.6 is 0 Å². The third-order valence-corrected chi connectivity index (χ3v) is 3.38. The Hall–Kier alpha value is -2.34. The van der Waals surface area contributed by atoms with Crippen molar-refractivity contribution in [2.45, 2.75) is 19.5 Å². The smallest absolute Gasteiger partial charge is 0.160 e. The van der Waals surface area contributed by atoms with E-state index in [1.807, 2.05) is 28.8 Å². The Morgan fingerprint density at radius 1 is 1.10 bits per heavy atom. The molecule has 3 rings (SSSR count). The Kier molecular flexibility index (Phi) is 3.62. The van der Waals surface area contributed by atoms with Crippen LogP contribution in [0.25, 0.3) is 5.65 Å². The van der Waals surface area contributed by atoms with Gasteiger partial charge in [0, 0.05) is 17.8 Å². The van der Waals surface area contributed by atoms with E-state index in [1.165, 1.54) is 18.2 Å². The van der Waals surface area contributed by atoms with Gasteiger partial charge in [-0.2, -0.15) is 0 Å². The molecule has 0 saturated carbocycles. The zero-order valence-electron chi connectivity index (χ0n) is 11.4. The van der Waals surface area contributed by atoms with Gasteiger partial charge in [-0.1, -0.05) is 12.1 Å². The largest absolute Gasteiger partial charge is 0.303 e. The molecule has 0 amide bonds. The van der Waals surface area contributed by atoms with Gasteiger partial charge in [0.05, 0.1) is 6.54 Å². The van der Waals surface area contributed by atoms with Gasteiger partial charge in [-0.15, -0.1) is 10.2 Å². The fraction of sp³-hybridized carbons (Fsp3) is 0.200. The summed E-state index contributed by atoms with van der Waals surface area (Å²) in [5.41, 5.74) is 0.769. The van der Waals surface area contributed by atoms with Crippen LogP contribution in [-0.4, -0.2) is 14.6 Å². The zero-order chi connectivity index (χ0) is 14.8. The maximum Gasteiger partial charge on any atom is 0.160 e. The van der Waals surface area contributed by atoms with Crippen molar-refractivity contribution in [3.63, 3.8) is 0 Å². The first-order chi connectivity index (χ1) is 10.2. The molecule has 0 spiro atoms. The zero-order valence-corrected chi connectivity index (χ0v) is 11.4. The molecule has 0 aliphatic carbocycles. The van der Waals surface area contributed by atoms with Crippen LogP contribution in [0.15, 0.2) is 42.6 Å². The number of benzene rings is 1. The fourth-order valence-electron chi connectivity index (χ4n) is 2.28. The van der Waals surface area contributed by atoms with E-state index in [0.29, 0.717) is 12.4 Å². The summed E-state index contributed by atoms with van der Waals surface area (Å²) in [6, 6.07) is 8.98. The van der Waals surface area contributed by atoms with Crippen molar-refractivity contribution in [1.82, 2.24) is 19.9 Å². The molecule has 0 radical (unpaired) electrons. The average molecular weight is 288 g/mol. The molecule has 4 nitrogen and oxygen atoms in total. The van der Waals surface area contributed by atoms with E-state index in [1.54, 1.807) is 6.92 Å². The number of pyridine rings is 1. The fourth-order valence-corrected chi connectivity index (χ4v) is 2.28. The van der Waals surface area contributed by atoms with Crippen molar-refractivity contribution in [2.24, 2.45) is 0 Å². The van der Waals surface area contributed by atoms with Gasteiger partial charge in [-0.25, -0.2) is 8.78 Å². The van der Waals surface area contributed by atoms with Crippen molar-refractivity contribution < 1.29 is 8.78 Å². The van der Waals surface area contributed by atoms with Crippen molar-refractivity contribution in [3.05, 3.63) is 65.6 Å². The highest BCUT2D eigenvalue weighted by Crippen LogP contribution is 2.20. The summed E-state index contributed by atoms with van der Waals surface area (Å²) >= 11 is 0. The molecule has 2 aromatic heterocycles. The van der Waals surface area contributed by atoms with Crippen molar-refractivity contribution in [3.8, 4) is 0 Å². The molecule has 0 fully saturated rings. The first kappa shape index (κ1) is 13.6. The molecule has 108 valence electrons. The number of fused-ring (bicyclic) bond motifs is 1. The number of rotatable bonds is 4. The molecule has 0 saturated heterocycles. The third-order valence-electron chi connectivity index (χ3n) is 3.38. The molecular formula is C15H14F2N4. The molecule has 1 aromatic carbocycles. The number of aromatic nitrogens is 3. The van der Waals surface area contributed by atoms with Crippen LogP contribution in [0.4, 0.5) is 8.78 Å². The highest BCUT2D eigenvalue weighted by molar-refractivity contribution is 5.37. The van der Waals surface area contributed by atoms with Gasteiger partial charge in [-0.3, -0.25) is 4.40 Å². The topological polar surface area (TPSA) is 42.2 Å². The minimum Gasteiger partial charge on any atom is -0.303 e. The predicted octanol–water partition coefficient (Wildman–Crippen LogP) is 2.86. The summed E-state index contributed by atoms with van der Waals surface area (Å²) < 4.78 is 29.2. The summed E-state index contributed by atoms with van der Waals surface area (Å²) in [4.78, 5) is 0. The second-order valence-corrected chi connectivity index (χ2v) is 4.78. The van der Waals surface area contributed by atoms with E-state index >= 15 is 0 Å². The Balaban J connectivity index is 1.78. The number of hydrogen-bond donors (Lipinski definition) is 1. The van der Waals surface area contributed by atoms with Gasteiger partial charge >= 0.3 is 0 Å². The average Bonchev–Trinajstić information content (AvgIpc) is 2.88. The number of nitrogens with one attached hydrogen (secondary N) is 1. The lowest BCUT2D eigenvalue weighted by Crippen LogP contribution is -2.21. The van der Waals surface area contributed by atoms with Crippen LogP contribution in [0.5, 0.6) is 0 Å². The van der Waals surface area contributed by atoms with Crippen LogP contribution in [0.1, 0.15) is 24.4 Å². The lowest BCUT2D eigenvalue weighted by atomic mass is 10.1. The molecular weight excluding hydrogens is 274 g/mol. The summed E-state index contributed by atoms with van der Waals surface area (Å²) in [6.07, 6.45) is 1.85. The van der Waals surface area contributed by atoms with E-state index in [9.17, 15) is 8.78 Å². The van der Waals surface area contributed by atoms with E-state index in [2.05, 4.69) is 15.5 Å². The standard InChI is InChI=1S/C15H14F2N4/c1-10(15-11(16)5-4-6-12(15)17)18-9-14-20-19-13-7-2-3-8-21(13)14/h2-8,10,18H,9H2,1H3. The van der Waals surface area contributed by atoms with Crippen molar-refractivity contribution in [2.75, 3.05) is 0 Å². The Labute approximate surface area is 120 Å². The van der Waals surface area contributed by atoms with Gasteiger partial charge in [0.15, 0.2) is 11.5 Å². The summed E-state index contributed by atoms with van der Waals surface area (Å²) in [5, 5.41) is 11.2. The van der Waals surface area contributed by atoms with Gasteiger partial charge in [0.25, 0.3) is 0 Å². The van der Waals surface area contributed by atoms with E-state index in [0.717, 1.165) is 5.65 Å². The number of nitrogens with zero attached hydrogens (tertiary/aromatic N) is 3. The second-order valence-electron chi connectivity index (χ2n) is 4.78. The SMILES string of the molecule is CC(NCc1nnc2ccccn12)c1c(F)cccc1F. The van der Waals surface area contributed by atoms with Gasteiger partial charge in [0.1, 0.15) is 11.6 Å². The quantitative estimate of drug-likeness (QED) is 0.802. The normalized spacial score (nSPS) is 12.7. The molecule has 3 aromatic rings. The molecule has 21 heavy (non-hydrogen) atoms. The molecule has 0 aliphatic rings. The molecule has 6 heteroatoms. The van der Waals surface area contributed by atoms with Crippen LogP contribution in [0.2, 0.25) is 0 Å². The predicted molar refractivity (Wildman–Crippen MR) is 74.6 cm³/mol. The van der Waals surface area contributed by atoms with E-state index in [-0.39, 0.29) is 5.56 Å². The van der Waals surface area contributed by atoms with Crippen LogP contribution < -0.4 is 5.32 Å². The summed E-state index contributed by atoms with van der Waals surface area (Å²) in [7, 11) is 0. The van der Waals surface area contributed by atoms with Crippen LogP contribution in [0, 0.1) is 11.6 Å². The molecule has 1 N–H and O–H groups in total. The summed E-state index contributed by atoms with van der Waals surface area (Å²) in [6.45, 7) is 2.07. The van der Waals surface area contributed by atoms with Crippen LogP contribution in [-0.2, 0) is 6.54 Å². The molecule has 0 bridgehead atoms. The van der Waals surface area contributed by atoms with Gasteiger partial charge in [0.2, 0.25) is 0 Å². The minimum absolute atomic E-state index is 0.0336. The third kappa shape index (κ3) is 2.62.